The van der Waals surface area contributed by atoms with Crippen LogP contribution < -0.4 is 0 Å². The number of benzene rings is 1. The zero-order chi connectivity index (χ0) is 14.5. The van der Waals surface area contributed by atoms with E-state index in [9.17, 15) is 4.79 Å². The van der Waals surface area contributed by atoms with Gasteiger partial charge in [-0.1, -0.05) is 23.7 Å². The first-order chi connectivity index (χ1) is 9.56. The third-order valence-electron chi connectivity index (χ3n) is 4.22. The molecule has 3 nitrogen and oxygen atoms in total. The molecular formula is C16H22ClNO2. The van der Waals surface area contributed by atoms with Crippen LogP contribution in [-0.2, 0) is 4.79 Å². The Morgan fingerprint density at radius 2 is 2.15 bits per heavy atom. The molecule has 110 valence electrons. The molecule has 2 rings (SSSR count). The third kappa shape index (κ3) is 4.22. The molecule has 20 heavy (non-hydrogen) atoms. The zero-order valence-electron chi connectivity index (χ0n) is 11.9. The average Bonchev–Trinajstić information content (AvgIpc) is 2.45. The Hall–Kier alpha value is -1.06. The summed E-state index contributed by atoms with van der Waals surface area (Å²) in [7, 11) is 0. The highest BCUT2D eigenvalue weighted by Crippen LogP contribution is 2.29. The molecule has 4 heteroatoms. The molecular weight excluding hydrogens is 274 g/mol. The van der Waals surface area contributed by atoms with E-state index in [1.54, 1.807) is 0 Å². The minimum absolute atomic E-state index is 0.286. The Labute approximate surface area is 125 Å². The number of hydrogen-bond donors (Lipinski definition) is 1. The second-order valence-electron chi connectivity index (χ2n) is 5.66. The van der Waals surface area contributed by atoms with Gasteiger partial charge in [0.25, 0.3) is 0 Å². The lowest BCUT2D eigenvalue weighted by Crippen LogP contribution is -2.37. The monoisotopic (exact) mass is 295 g/mol. The molecule has 1 heterocycles. The normalized spacial score (nSPS) is 21.6. The summed E-state index contributed by atoms with van der Waals surface area (Å²) in [5.41, 5.74) is 1.27. The number of nitrogens with zero attached hydrogens (tertiary/aromatic N) is 1. The molecule has 0 spiro atoms. The summed E-state index contributed by atoms with van der Waals surface area (Å²) in [5.74, 6) is -0.178. The molecule has 0 radical (unpaired) electrons. The molecule has 1 saturated heterocycles. The van der Waals surface area contributed by atoms with Crippen molar-refractivity contribution in [1.82, 2.24) is 4.90 Å². The van der Waals surface area contributed by atoms with Crippen LogP contribution in [0.3, 0.4) is 0 Å². The summed E-state index contributed by atoms with van der Waals surface area (Å²) in [5, 5.41) is 9.56. The van der Waals surface area contributed by atoms with Gasteiger partial charge in [0.05, 0.1) is 0 Å². The van der Waals surface area contributed by atoms with Crippen LogP contribution in [0.4, 0.5) is 0 Å². The van der Waals surface area contributed by atoms with Gasteiger partial charge in [-0.25, -0.2) is 0 Å². The topological polar surface area (TPSA) is 40.5 Å². The Morgan fingerprint density at radius 1 is 1.45 bits per heavy atom. The summed E-state index contributed by atoms with van der Waals surface area (Å²) >= 11 is 5.93. The first kappa shape index (κ1) is 15.3. The second kappa shape index (κ2) is 7.09. The molecule has 0 saturated carbocycles. The average molecular weight is 296 g/mol. The van der Waals surface area contributed by atoms with Gasteiger partial charge in [-0.05, 0) is 56.3 Å². The van der Waals surface area contributed by atoms with E-state index in [2.05, 4.69) is 24.0 Å². The maximum atomic E-state index is 10.7. The van der Waals surface area contributed by atoms with Crippen LogP contribution >= 0.6 is 11.6 Å². The van der Waals surface area contributed by atoms with Crippen molar-refractivity contribution < 1.29 is 9.90 Å². The van der Waals surface area contributed by atoms with Gasteiger partial charge in [0.2, 0.25) is 0 Å². The first-order valence-corrected chi connectivity index (χ1v) is 7.65. The van der Waals surface area contributed by atoms with Crippen molar-refractivity contribution in [2.45, 2.75) is 38.6 Å². The quantitative estimate of drug-likeness (QED) is 0.893. The fourth-order valence-electron chi connectivity index (χ4n) is 2.96. The van der Waals surface area contributed by atoms with Crippen molar-refractivity contribution in [1.29, 1.82) is 0 Å². The number of rotatable bonds is 5. The van der Waals surface area contributed by atoms with Gasteiger partial charge in [-0.3, -0.25) is 9.69 Å². The van der Waals surface area contributed by atoms with E-state index in [1.165, 1.54) is 5.56 Å². The number of hydrogen-bond acceptors (Lipinski definition) is 2. The van der Waals surface area contributed by atoms with E-state index in [1.807, 2.05) is 12.1 Å². The lowest BCUT2D eigenvalue weighted by Gasteiger charge is -2.37. The molecule has 0 aliphatic carbocycles. The number of carbonyl (C=O) groups is 1. The Bertz CT molecular complexity index is 446. The minimum atomic E-state index is -0.687. The lowest BCUT2D eigenvalue weighted by molar-refractivity contribution is -0.137. The summed E-state index contributed by atoms with van der Waals surface area (Å²) in [6.07, 6.45) is 3.38. The van der Waals surface area contributed by atoms with Crippen molar-refractivity contribution in [3.63, 3.8) is 0 Å². The van der Waals surface area contributed by atoms with Gasteiger partial charge in [-0.15, -0.1) is 0 Å². The fraction of sp³-hybridized carbons (Fsp3) is 0.562. The molecule has 0 bridgehead atoms. The molecule has 1 aromatic rings. The van der Waals surface area contributed by atoms with Crippen molar-refractivity contribution in [3.8, 4) is 0 Å². The van der Waals surface area contributed by atoms with Crippen LogP contribution in [0.1, 0.15) is 44.2 Å². The maximum Gasteiger partial charge on any atom is 0.303 e. The molecule has 1 fully saturated rings. The zero-order valence-corrected chi connectivity index (χ0v) is 12.6. The highest BCUT2D eigenvalue weighted by atomic mass is 35.5. The predicted molar refractivity (Wildman–Crippen MR) is 81.0 cm³/mol. The standard InChI is InChI=1S/C16H22ClNO2/c1-12(14-5-7-15(17)8-6-14)18-10-2-3-13(11-18)4-9-16(19)20/h5-8,12-13H,2-4,9-11H2,1H3,(H,19,20). The van der Waals surface area contributed by atoms with Crippen LogP contribution in [0.5, 0.6) is 0 Å². The number of piperidine rings is 1. The Balaban J connectivity index is 1.94. The van der Waals surface area contributed by atoms with Crippen molar-refractivity contribution >= 4 is 17.6 Å². The van der Waals surface area contributed by atoms with Crippen LogP contribution in [0, 0.1) is 5.92 Å². The number of carboxylic acid groups (broad SMARTS) is 1. The first-order valence-electron chi connectivity index (χ1n) is 7.27. The lowest BCUT2D eigenvalue weighted by atomic mass is 9.91. The van der Waals surface area contributed by atoms with Gasteiger partial charge in [0.1, 0.15) is 0 Å². The molecule has 0 amide bonds. The number of likely N-dealkylation sites (tertiary alicyclic amines) is 1. The van der Waals surface area contributed by atoms with Crippen LogP contribution in [-0.4, -0.2) is 29.1 Å². The number of halogens is 1. The highest BCUT2D eigenvalue weighted by Gasteiger charge is 2.24. The van der Waals surface area contributed by atoms with Crippen LogP contribution in [0.2, 0.25) is 5.02 Å². The van der Waals surface area contributed by atoms with Crippen molar-refractivity contribution in [3.05, 3.63) is 34.9 Å². The van der Waals surface area contributed by atoms with E-state index in [4.69, 9.17) is 16.7 Å². The molecule has 1 aliphatic rings. The van der Waals surface area contributed by atoms with E-state index < -0.39 is 5.97 Å². The van der Waals surface area contributed by atoms with Gasteiger partial charge in [-0.2, -0.15) is 0 Å². The maximum absolute atomic E-state index is 10.7. The van der Waals surface area contributed by atoms with Crippen LogP contribution in [0.25, 0.3) is 0 Å². The van der Waals surface area contributed by atoms with Crippen molar-refractivity contribution in [2.75, 3.05) is 13.1 Å². The van der Waals surface area contributed by atoms with Gasteiger partial charge in [0, 0.05) is 24.0 Å². The van der Waals surface area contributed by atoms with E-state index in [0.717, 1.165) is 37.4 Å². The summed E-state index contributed by atoms with van der Waals surface area (Å²) in [4.78, 5) is 13.1. The number of aliphatic carboxylic acids is 1. The summed E-state index contributed by atoms with van der Waals surface area (Å²) in [6, 6.07) is 8.38. The van der Waals surface area contributed by atoms with E-state index >= 15 is 0 Å². The second-order valence-corrected chi connectivity index (χ2v) is 6.10. The smallest absolute Gasteiger partial charge is 0.303 e. The molecule has 1 aliphatic heterocycles. The summed E-state index contributed by atoms with van der Waals surface area (Å²) < 4.78 is 0. The molecule has 1 N–H and O–H groups in total. The van der Waals surface area contributed by atoms with E-state index in [0.29, 0.717) is 12.0 Å². The SMILES string of the molecule is CC(c1ccc(Cl)cc1)N1CCCC(CCC(=O)O)C1. The number of carboxylic acids is 1. The van der Waals surface area contributed by atoms with Gasteiger partial charge in [0.15, 0.2) is 0 Å². The van der Waals surface area contributed by atoms with Crippen molar-refractivity contribution in [2.24, 2.45) is 5.92 Å². The van der Waals surface area contributed by atoms with E-state index in [-0.39, 0.29) is 6.42 Å². The van der Waals surface area contributed by atoms with Gasteiger partial charge < -0.3 is 5.11 Å². The predicted octanol–water partition coefficient (Wildman–Crippen LogP) is 3.98. The molecule has 0 aromatic heterocycles. The fourth-order valence-corrected chi connectivity index (χ4v) is 3.09. The highest BCUT2D eigenvalue weighted by molar-refractivity contribution is 6.30. The molecule has 2 unspecified atom stereocenters. The molecule has 1 aromatic carbocycles. The molecule has 2 atom stereocenters. The largest absolute Gasteiger partial charge is 0.481 e. The Kier molecular flexibility index (Phi) is 5.44. The third-order valence-corrected chi connectivity index (χ3v) is 4.47. The summed E-state index contributed by atoms with van der Waals surface area (Å²) in [6.45, 7) is 4.30. The minimum Gasteiger partial charge on any atom is -0.481 e. The van der Waals surface area contributed by atoms with Crippen LogP contribution in [0.15, 0.2) is 24.3 Å². The van der Waals surface area contributed by atoms with Gasteiger partial charge >= 0.3 is 5.97 Å². The Morgan fingerprint density at radius 3 is 2.80 bits per heavy atom.